The number of para-hydroxylation sites is 1. The van der Waals surface area contributed by atoms with Gasteiger partial charge in [0.15, 0.2) is 0 Å². The normalized spacial score (nSPS) is 14.6. The molecule has 4 nitrogen and oxygen atoms in total. The third-order valence-corrected chi connectivity index (χ3v) is 11.2. The van der Waals surface area contributed by atoms with Gasteiger partial charge in [0.1, 0.15) is 11.6 Å². The van der Waals surface area contributed by atoms with E-state index in [0.717, 1.165) is 55.7 Å². The number of benzene rings is 6. The van der Waals surface area contributed by atoms with E-state index in [-0.39, 0.29) is 28.8 Å². The van der Waals surface area contributed by atoms with E-state index in [4.69, 9.17) is 17.3 Å². The Labute approximate surface area is 364 Å². The standard InChI is InChI=1S/C55H55N3O/c1-33(2)41-29-47(34(3)4)53(59)49(30-41)54-57-52-46(17-14-18-51(52)58(54)45-25-36(6)37(7)48(32-45)39-15-12-11-13-16-39)42-26-43(28-44(27-42)55(8,9)10)50-31-40(23-24-56-50)38-21-19-35(5)20-22-38/h11-34,59H,1-10H3/i5D3,19D,20D,21D,22D,23D,24D,31D. The second kappa shape index (κ2) is 15.5. The first kappa shape index (κ1) is 29.0. The molecule has 0 atom stereocenters. The van der Waals surface area contributed by atoms with Crippen molar-refractivity contribution in [3.8, 4) is 67.5 Å². The average Bonchev–Trinajstić information content (AvgIpc) is 3.68. The molecule has 0 aliphatic carbocycles. The van der Waals surface area contributed by atoms with E-state index in [1.807, 2.05) is 75.4 Å². The molecule has 0 bridgehead atoms. The largest absolute Gasteiger partial charge is 0.507 e. The highest BCUT2D eigenvalue weighted by Crippen LogP contribution is 2.44. The molecule has 4 heteroatoms. The summed E-state index contributed by atoms with van der Waals surface area (Å²) >= 11 is 0. The van der Waals surface area contributed by atoms with E-state index in [0.29, 0.717) is 28.0 Å². The lowest BCUT2D eigenvalue weighted by Crippen LogP contribution is -2.11. The van der Waals surface area contributed by atoms with Crippen molar-refractivity contribution >= 4 is 11.0 Å². The Hall–Kier alpha value is -6.26. The fraction of sp³-hybridized carbons (Fsp3) is 0.236. The Morgan fingerprint density at radius 3 is 2.14 bits per heavy atom. The van der Waals surface area contributed by atoms with Gasteiger partial charge in [-0.05, 0) is 142 Å². The van der Waals surface area contributed by atoms with Crippen LogP contribution in [0.2, 0.25) is 0 Å². The van der Waals surface area contributed by atoms with Gasteiger partial charge in [0.05, 0.1) is 31.9 Å². The molecule has 0 fully saturated rings. The van der Waals surface area contributed by atoms with Crippen LogP contribution in [-0.4, -0.2) is 19.6 Å². The molecule has 0 amide bonds. The van der Waals surface area contributed by atoms with Crippen molar-refractivity contribution in [3.05, 3.63) is 167 Å². The Kier molecular flexibility index (Phi) is 7.62. The monoisotopic (exact) mass is 783 g/mol. The van der Waals surface area contributed by atoms with Crippen LogP contribution in [0.15, 0.2) is 133 Å². The third-order valence-electron chi connectivity index (χ3n) is 11.2. The van der Waals surface area contributed by atoms with Gasteiger partial charge in [-0.3, -0.25) is 9.55 Å². The first-order chi connectivity index (χ1) is 32.3. The number of hydrogen-bond acceptors (Lipinski definition) is 3. The van der Waals surface area contributed by atoms with Gasteiger partial charge in [-0.1, -0.05) is 133 Å². The zero-order valence-electron chi connectivity index (χ0n) is 45.1. The topological polar surface area (TPSA) is 50.9 Å². The van der Waals surface area contributed by atoms with E-state index < -0.39 is 65.8 Å². The Morgan fingerprint density at radius 1 is 0.695 bits per heavy atom. The summed E-state index contributed by atoms with van der Waals surface area (Å²) in [4.78, 5) is 9.93. The molecule has 59 heavy (non-hydrogen) atoms. The zero-order valence-corrected chi connectivity index (χ0v) is 35.1. The SMILES string of the molecule is [2H]c1nc(-c2cc(-c3cccc4c3nc(-c3cc(C(C)C)cc(C(C)C)c3O)n4-c3cc(C)c(C)c(-c4ccccc4)c3)cc(C(C)(C)C)c2)c([2H])c(-c2c([2H])c([2H])c(C([2H])([2H])[2H])c([2H])c2[2H])c1[2H]. The number of phenolic OH excluding ortho intramolecular Hbond substituents is 1. The van der Waals surface area contributed by atoms with E-state index in [1.165, 1.54) is 0 Å². The first-order valence-electron chi connectivity index (χ1n) is 25.1. The van der Waals surface area contributed by atoms with Gasteiger partial charge in [-0.2, -0.15) is 0 Å². The summed E-state index contributed by atoms with van der Waals surface area (Å²) in [6.45, 7) is 15.8. The molecule has 2 heterocycles. The van der Waals surface area contributed by atoms with E-state index in [9.17, 15) is 6.48 Å². The summed E-state index contributed by atoms with van der Waals surface area (Å²) in [5.41, 5.74) is 9.64. The minimum Gasteiger partial charge on any atom is -0.507 e. The minimum absolute atomic E-state index is 0.0158. The fourth-order valence-corrected chi connectivity index (χ4v) is 7.65. The summed E-state index contributed by atoms with van der Waals surface area (Å²) in [5.74, 6) is 0.867. The van der Waals surface area contributed by atoms with Crippen LogP contribution < -0.4 is 0 Å². The van der Waals surface area contributed by atoms with Gasteiger partial charge in [0.25, 0.3) is 0 Å². The molecule has 2 aromatic heterocycles. The number of fused-ring (bicyclic) bond motifs is 1. The van der Waals surface area contributed by atoms with Crippen molar-refractivity contribution < 1.29 is 18.8 Å². The highest BCUT2D eigenvalue weighted by molar-refractivity contribution is 5.97. The lowest BCUT2D eigenvalue weighted by atomic mass is 9.83. The lowest BCUT2D eigenvalue weighted by molar-refractivity contribution is 0.466. The molecule has 0 aliphatic heterocycles. The Morgan fingerprint density at radius 2 is 1.44 bits per heavy atom. The second-order valence-electron chi connectivity index (χ2n) is 17.1. The molecule has 1 N–H and O–H groups in total. The highest BCUT2D eigenvalue weighted by Gasteiger charge is 2.25. The number of aromatic hydroxyl groups is 1. The van der Waals surface area contributed by atoms with E-state index in [2.05, 4.69) is 87.5 Å². The highest BCUT2D eigenvalue weighted by atomic mass is 16.3. The molecule has 0 saturated heterocycles. The van der Waals surface area contributed by atoms with Gasteiger partial charge in [0, 0.05) is 27.1 Å². The molecule has 8 rings (SSSR count). The maximum Gasteiger partial charge on any atom is 0.149 e. The smallest absolute Gasteiger partial charge is 0.149 e. The molecule has 296 valence electrons. The lowest BCUT2D eigenvalue weighted by Gasteiger charge is -2.22. The van der Waals surface area contributed by atoms with Crippen LogP contribution in [0.5, 0.6) is 5.75 Å². The summed E-state index contributed by atoms with van der Waals surface area (Å²) in [5, 5.41) is 12.2. The van der Waals surface area contributed by atoms with Gasteiger partial charge < -0.3 is 5.11 Å². The number of phenols is 1. The summed E-state index contributed by atoms with van der Waals surface area (Å²) in [6.07, 6.45) is -0.562. The van der Waals surface area contributed by atoms with Crippen LogP contribution in [0.1, 0.15) is 107 Å². The van der Waals surface area contributed by atoms with Gasteiger partial charge in [-0.15, -0.1) is 0 Å². The van der Waals surface area contributed by atoms with Crippen molar-refractivity contribution in [2.24, 2.45) is 0 Å². The summed E-state index contributed by atoms with van der Waals surface area (Å²) in [7, 11) is 0. The van der Waals surface area contributed by atoms with E-state index >= 15 is 0 Å². The summed E-state index contributed by atoms with van der Waals surface area (Å²) < 4.78 is 88.0. The van der Waals surface area contributed by atoms with Gasteiger partial charge in [0.2, 0.25) is 0 Å². The van der Waals surface area contributed by atoms with Crippen molar-refractivity contribution in [1.29, 1.82) is 0 Å². The van der Waals surface area contributed by atoms with Crippen molar-refractivity contribution in [1.82, 2.24) is 14.5 Å². The maximum atomic E-state index is 12.2. The van der Waals surface area contributed by atoms with Crippen LogP contribution in [0, 0.1) is 20.7 Å². The predicted octanol–water partition coefficient (Wildman–Crippen LogP) is 14.9. The minimum atomic E-state index is -2.96. The van der Waals surface area contributed by atoms with Crippen LogP contribution >= 0.6 is 0 Å². The number of aromatic nitrogens is 3. The van der Waals surface area contributed by atoms with Crippen LogP contribution in [0.4, 0.5) is 0 Å². The number of nitrogens with zero attached hydrogens (tertiary/aromatic N) is 3. The van der Waals surface area contributed by atoms with Crippen molar-refractivity contribution in [3.63, 3.8) is 0 Å². The fourth-order valence-electron chi connectivity index (χ4n) is 7.65. The maximum absolute atomic E-state index is 12.2. The number of aryl methyl sites for hydroxylation is 1. The average molecular weight is 784 g/mol. The quantitative estimate of drug-likeness (QED) is 0.167. The van der Waals surface area contributed by atoms with Crippen molar-refractivity contribution in [2.75, 3.05) is 0 Å². The molecule has 8 aromatic rings. The molecular weight excluding hydrogens is 719 g/mol. The number of hydrogen-bond donors (Lipinski definition) is 1. The third kappa shape index (κ3) is 7.60. The first-order valence-corrected chi connectivity index (χ1v) is 20.1. The molecule has 6 aromatic carbocycles. The number of imidazole rings is 1. The molecule has 0 unspecified atom stereocenters. The summed E-state index contributed by atoms with van der Waals surface area (Å²) in [6, 6.07) is 26.3. The van der Waals surface area contributed by atoms with E-state index in [1.54, 1.807) is 0 Å². The molecule has 0 aliphatic rings. The van der Waals surface area contributed by atoms with Crippen LogP contribution in [-0.2, 0) is 5.41 Å². The Balaban J connectivity index is 1.44. The molecular formula is C55H55N3O. The number of rotatable bonds is 8. The van der Waals surface area contributed by atoms with Crippen LogP contribution in [0.3, 0.4) is 0 Å². The molecule has 0 saturated carbocycles. The van der Waals surface area contributed by atoms with Crippen LogP contribution in [0.25, 0.3) is 72.7 Å². The van der Waals surface area contributed by atoms with Gasteiger partial charge in [-0.25, -0.2) is 4.98 Å². The predicted molar refractivity (Wildman–Crippen MR) is 249 cm³/mol. The van der Waals surface area contributed by atoms with Crippen molar-refractivity contribution in [2.45, 2.75) is 86.4 Å². The second-order valence-corrected chi connectivity index (χ2v) is 17.1. The zero-order chi connectivity index (χ0) is 50.3. The Bertz CT molecular complexity index is 3340. The van der Waals surface area contributed by atoms with Gasteiger partial charge >= 0.3 is 0 Å². The molecule has 0 radical (unpaired) electrons. The number of pyridine rings is 1. The molecule has 0 spiro atoms.